The molecular weight excluding hydrogens is 497 g/mol. The fraction of sp³-hybridized carbons (Fsp3) is 0.200. The fourth-order valence-corrected chi connectivity index (χ4v) is 3.57. The van der Waals surface area contributed by atoms with Crippen LogP contribution >= 0.6 is 11.6 Å². The van der Waals surface area contributed by atoms with E-state index in [0.717, 1.165) is 13.9 Å². The van der Waals surface area contributed by atoms with Crippen molar-refractivity contribution in [2.75, 3.05) is 0 Å². The summed E-state index contributed by atoms with van der Waals surface area (Å²) in [6.07, 6.45) is -1.90. The molecule has 0 aliphatic carbocycles. The number of rotatable bonds is 5. The summed E-state index contributed by atoms with van der Waals surface area (Å²) in [5.74, 6) is -4.60. The highest BCUT2D eigenvalue weighted by Crippen LogP contribution is 2.46. The maximum absolute atomic E-state index is 14.7. The first-order chi connectivity index (χ1) is 16.2. The van der Waals surface area contributed by atoms with Crippen LogP contribution in [0.5, 0.6) is 0 Å². The van der Waals surface area contributed by atoms with Crippen LogP contribution in [0.3, 0.4) is 0 Å². The zero-order valence-electron chi connectivity index (χ0n) is 17.9. The first-order valence-electron chi connectivity index (χ1n) is 9.79. The predicted molar refractivity (Wildman–Crippen MR) is 116 cm³/mol. The van der Waals surface area contributed by atoms with Gasteiger partial charge in [0.2, 0.25) is 5.79 Å². The summed E-state index contributed by atoms with van der Waals surface area (Å²) in [5, 5.41) is 37.5. The molecule has 4 aromatic rings. The summed E-state index contributed by atoms with van der Waals surface area (Å²) >= 11 is 6.15. The Labute approximate surface area is 200 Å². The van der Waals surface area contributed by atoms with Crippen molar-refractivity contribution in [1.82, 2.24) is 24.9 Å². The number of nitrogens with zero attached hydrogens (tertiary/aromatic N) is 5. The Morgan fingerprint density at radius 1 is 1.06 bits per heavy atom. The lowest BCUT2D eigenvalue weighted by molar-refractivity contribution is -0.269. The molecular formula is C20H15BClF4N5O4. The number of hydrogen-bond donors (Lipinski definition) is 3. The monoisotopic (exact) mass is 511 g/mol. The fourth-order valence-electron chi connectivity index (χ4n) is 3.32. The SMILES string of the molecule is BC(O)(n1ncc(-c2onc(-c3c(F)cccc3Cl)c2-c2ncccn2)c1C(F)(F)F)C(C)(O)O. The Hall–Kier alpha value is -3.33. The van der Waals surface area contributed by atoms with Gasteiger partial charge in [-0.1, -0.05) is 22.8 Å². The summed E-state index contributed by atoms with van der Waals surface area (Å²) in [6.45, 7) is 0.685. The van der Waals surface area contributed by atoms with E-state index in [-0.39, 0.29) is 32.3 Å². The first-order valence-corrected chi connectivity index (χ1v) is 10.2. The minimum atomic E-state index is -5.18. The van der Waals surface area contributed by atoms with Gasteiger partial charge in [-0.05, 0) is 25.1 Å². The molecule has 0 bridgehead atoms. The molecule has 0 radical (unpaired) electrons. The molecule has 0 aliphatic heterocycles. The van der Waals surface area contributed by atoms with Gasteiger partial charge in [-0.3, -0.25) is 0 Å². The molecule has 3 aromatic heterocycles. The van der Waals surface area contributed by atoms with Crippen molar-refractivity contribution in [1.29, 1.82) is 0 Å². The van der Waals surface area contributed by atoms with E-state index in [9.17, 15) is 32.9 Å². The van der Waals surface area contributed by atoms with Crippen LogP contribution < -0.4 is 0 Å². The summed E-state index contributed by atoms with van der Waals surface area (Å²) < 4.78 is 62.6. The van der Waals surface area contributed by atoms with Gasteiger partial charge in [-0.15, -0.1) is 0 Å². The van der Waals surface area contributed by atoms with Crippen molar-refractivity contribution < 1.29 is 37.4 Å². The van der Waals surface area contributed by atoms with Crippen molar-refractivity contribution in [3.8, 4) is 34.0 Å². The van der Waals surface area contributed by atoms with Crippen molar-refractivity contribution >= 4 is 19.4 Å². The molecule has 1 aromatic carbocycles. The molecule has 9 nitrogen and oxygen atoms in total. The number of alkyl halides is 3. The molecule has 0 aliphatic rings. The first kappa shape index (κ1) is 24.8. The smallest absolute Gasteiger partial charge is 0.372 e. The van der Waals surface area contributed by atoms with Crippen LogP contribution in [-0.2, 0) is 11.8 Å². The van der Waals surface area contributed by atoms with E-state index >= 15 is 0 Å². The van der Waals surface area contributed by atoms with Crippen molar-refractivity contribution in [2.45, 2.75) is 24.5 Å². The normalized spacial score (nSPS) is 14.2. The third-order valence-corrected chi connectivity index (χ3v) is 5.59. The van der Waals surface area contributed by atoms with Crippen LogP contribution in [0.4, 0.5) is 17.6 Å². The predicted octanol–water partition coefficient (Wildman–Crippen LogP) is 2.41. The molecule has 3 heterocycles. The molecule has 0 saturated heterocycles. The number of hydrogen-bond acceptors (Lipinski definition) is 8. The molecule has 1 unspecified atom stereocenters. The third kappa shape index (κ3) is 4.18. The second-order valence-corrected chi connectivity index (χ2v) is 8.17. The zero-order chi connectivity index (χ0) is 25.8. The maximum atomic E-state index is 14.7. The molecule has 35 heavy (non-hydrogen) atoms. The molecule has 15 heteroatoms. The second-order valence-electron chi connectivity index (χ2n) is 7.76. The average Bonchev–Trinajstić information content (AvgIpc) is 3.38. The highest BCUT2D eigenvalue weighted by molar-refractivity contribution is 6.33. The van der Waals surface area contributed by atoms with Crippen LogP contribution in [0.25, 0.3) is 34.0 Å². The quantitative estimate of drug-likeness (QED) is 0.212. The highest BCUT2D eigenvalue weighted by atomic mass is 35.5. The van der Waals surface area contributed by atoms with Gasteiger partial charge in [-0.2, -0.15) is 18.3 Å². The second kappa shape index (κ2) is 8.41. The molecule has 182 valence electrons. The van der Waals surface area contributed by atoms with E-state index in [0.29, 0.717) is 13.1 Å². The van der Waals surface area contributed by atoms with Gasteiger partial charge in [0.05, 0.1) is 27.9 Å². The lowest BCUT2D eigenvalue weighted by Gasteiger charge is -2.35. The topological polar surface area (TPSA) is 130 Å². The number of aromatic nitrogens is 5. The molecule has 0 fully saturated rings. The van der Waals surface area contributed by atoms with Gasteiger partial charge >= 0.3 is 6.18 Å². The van der Waals surface area contributed by atoms with Crippen LogP contribution in [0.1, 0.15) is 12.6 Å². The Bertz CT molecular complexity index is 1370. The lowest BCUT2D eigenvalue weighted by atomic mass is 9.83. The van der Waals surface area contributed by atoms with Crippen LogP contribution in [0.15, 0.2) is 47.4 Å². The molecule has 3 N–H and O–H groups in total. The van der Waals surface area contributed by atoms with Crippen LogP contribution in [-0.4, -0.2) is 53.9 Å². The number of halogens is 5. The van der Waals surface area contributed by atoms with Gasteiger partial charge in [0, 0.05) is 12.4 Å². The van der Waals surface area contributed by atoms with Crippen molar-refractivity contribution in [3.63, 3.8) is 0 Å². The van der Waals surface area contributed by atoms with E-state index in [1.54, 1.807) is 0 Å². The van der Waals surface area contributed by atoms with Crippen molar-refractivity contribution in [2.24, 2.45) is 0 Å². The van der Waals surface area contributed by atoms with E-state index in [2.05, 4.69) is 20.2 Å². The van der Waals surface area contributed by atoms with Crippen LogP contribution in [0, 0.1) is 5.82 Å². The van der Waals surface area contributed by atoms with Gasteiger partial charge in [0.25, 0.3) is 0 Å². The molecule has 0 spiro atoms. The summed E-state index contributed by atoms with van der Waals surface area (Å²) in [4.78, 5) is 8.05. The van der Waals surface area contributed by atoms with E-state index in [4.69, 9.17) is 16.1 Å². The van der Waals surface area contributed by atoms with E-state index in [1.165, 1.54) is 30.6 Å². The summed E-state index contributed by atoms with van der Waals surface area (Å²) in [5.41, 5.74) is -6.07. The third-order valence-electron chi connectivity index (χ3n) is 5.27. The highest BCUT2D eigenvalue weighted by Gasteiger charge is 2.50. The van der Waals surface area contributed by atoms with E-state index in [1.807, 2.05) is 0 Å². The Balaban J connectivity index is 2.07. The van der Waals surface area contributed by atoms with E-state index < -0.39 is 40.4 Å². The minimum Gasteiger partial charge on any atom is -0.372 e. The summed E-state index contributed by atoms with van der Waals surface area (Å²) in [6, 6.07) is 5.20. The zero-order valence-corrected chi connectivity index (χ0v) is 18.7. The number of benzene rings is 1. The Kier molecular flexibility index (Phi) is 5.96. The van der Waals surface area contributed by atoms with Crippen LogP contribution in [0.2, 0.25) is 5.02 Å². The van der Waals surface area contributed by atoms with Crippen molar-refractivity contribution in [3.05, 3.63) is 59.4 Å². The minimum absolute atomic E-state index is 0.00373. The Morgan fingerprint density at radius 3 is 2.29 bits per heavy atom. The summed E-state index contributed by atoms with van der Waals surface area (Å²) in [7, 11) is 0.727. The molecule has 1 atom stereocenters. The Morgan fingerprint density at radius 2 is 1.71 bits per heavy atom. The largest absolute Gasteiger partial charge is 0.433 e. The van der Waals surface area contributed by atoms with Gasteiger partial charge in [0.15, 0.2) is 30.7 Å². The maximum Gasteiger partial charge on any atom is 0.433 e. The molecule has 4 rings (SSSR count). The lowest BCUT2D eigenvalue weighted by Crippen LogP contribution is -2.56. The number of aliphatic hydroxyl groups is 3. The van der Waals surface area contributed by atoms with Gasteiger partial charge in [-0.25, -0.2) is 19.0 Å². The molecule has 0 amide bonds. The standard InChI is InChI=1S/C20H15BClF4N5O4/c1-18(32,33)20(21,34)31-16(19(24,25)26)9(8-29-31)15-13(17-27-6-3-7-28-17)14(30-35-15)12-10(22)4-2-5-11(12)23/h2-8,32-34H,21H2,1H3. The average molecular weight is 512 g/mol. The van der Waals surface area contributed by atoms with Gasteiger partial charge in [0.1, 0.15) is 11.5 Å². The molecule has 0 saturated carbocycles. The van der Waals surface area contributed by atoms with Gasteiger partial charge < -0.3 is 19.8 Å².